The van der Waals surface area contributed by atoms with Crippen molar-refractivity contribution >= 4 is 22.5 Å². The lowest BCUT2D eigenvalue weighted by molar-refractivity contribution is 0.635. The summed E-state index contributed by atoms with van der Waals surface area (Å²) in [5.41, 5.74) is 7.45. The third-order valence-corrected chi connectivity index (χ3v) is 2.73. The highest BCUT2D eigenvalue weighted by atomic mass is 16.2. The SMILES string of the molecule is CCn1nc2c(N)nc3ccccc3n2c1=O. The number of rotatable bonds is 1. The Hall–Kier alpha value is -2.37. The van der Waals surface area contributed by atoms with Gasteiger partial charge in [-0.25, -0.2) is 18.9 Å². The van der Waals surface area contributed by atoms with Crippen LogP contribution in [-0.2, 0) is 6.54 Å². The summed E-state index contributed by atoms with van der Waals surface area (Å²) in [5.74, 6) is 0.271. The summed E-state index contributed by atoms with van der Waals surface area (Å²) in [4.78, 5) is 16.3. The van der Waals surface area contributed by atoms with E-state index in [-0.39, 0.29) is 11.5 Å². The molecule has 0 fully saturated rings. The van der Waals surface area contributed by atoms with Gasteiger partial charge in [0.2, 0.25) is 5.65 Å². The molecule has 0 radical (unpaired) electrons. The first-order chi connectivity index (χ1) is 8.22. The van der Waals surface area contributed by atoms with Gasteiger partial charge in [-0.05, 0) is 19.1 Å². The molecule has 86 valence electrons. The van der Waals surface area contributed by atoms with Gasteiger partial charge in [-0.2, -0.15) is 0 Å². The lowest BCUT2D eigenvalue weighted by Gasteiger charge is -2.01. The fourth-order valence-electron chi connectivity index (χ4n) is 1.92. The minimum Gasteiger partial charge on any atom is -0.381 e. The highest BCUT2D eigenvalue weighted by molar-refractivity contribution is 5.81. The Bertz CT molecular complexity index is 770. The van der Waals surface area contributed by atoms with Crippen LogP contribution in [0.3, 0.4) is 0 Å². The number of aryl methyl sites for hydroxylation is 1. The number of anilines is 1. The maximum Gasteiger partial charge on any atom is 0.350 e. The normalized spacial score (nSPS) is 11.4. The highest BCUT2D eigenvalue weighted by Gasteiger charge is 2.12. The van der Waals surface area contributed by atoms with Gasteiger partial charge in [0, 0.05) is 6.54 Å². The van der Waals surface area contributed by atoms with Gasteiger partial charge in [0.25, 0.3) is 0 Å². The molecule has 2 heterocycles. The van der Waals surface area contributed by atoms with Crippen LogP contribution in [0.2, 0.25) is 0 Å². The summed E-state index contributed by atoms with van der Waals surface area (Å²) in [5, 5.41) is 4.16. The summed E-state index contributed by atoms with van der Waals surface area (Å²) in [6.45, 7) is 2.37. The van der Waals surface area contributed by atoms with E-state index in [1.54, 1.807) is 0 Å². The standard InChI is InChI=1S/C11H11N5O/c1-2-15-11(17)16-8-6-4-3-5-7(8)13-9(12)10(16)14-15/h3-6H,2H2,1H3,(H2,12,13). The van der Waals surface area contributed by atoms with Gasteiger partial charge in [-0.3, -0.25) is 0 Å². The first kappa shape index (κ1) is 9.83. The van der Waals surface area contributed by atoms with Gasteiger partial charge in [-0.15, -0.1) is 5.10 Å². The van der Waals surface area contributed by atoms with Crippen LogP contribution in [0.5, 0.6) is 0 Å². The largest absolute Gasteiger partial charge is 0.381 e. The number of nitrogen functional groups attached to an aromatic ring is 1. The Balaban J connectivity index is 2.64. The maximum atomic E-state index is 12.1. The number of nitrogens with zero attached hydrogens (tertiary/aromatic N) is 4. The van der Waals surface area contributed by atoms with Gasteiger partial charge in [-0.1, -0.05) is 12.1 Å². The van der Waals surface area contributed by atoms with Gasteiger partial charge < -0.3 is 5.73 Å². The zero-order valence-electron chi connectivity index (χ0n) is 9.29. The summed E-state index contributed by atoms with van der Waals surface area (Å²) >= 11 is 0. The molecule has 6 nitrogen and oxygen atoms in total. The van der Waals surface area contributed by atoms with Crippen molar-refractivity contribution in [2.75, 3.05) is 5.73 Å². The Morgan fingerprint density at radius 3 is 2.88 bits per heavy atom. The number of hydrogen-bond donors (Lipinski definition) is 1. The van der Waals surface area contributed by atoms with E-state index in [0.717, 1.165) is 5.52 Å². The number of para-hydroxylation sites is 2. The molecule has 0 atom stereocenters. The summed E-state index contributed by atoms with van der Waals surface area (Å²) in [6.07, 6.45) is 0. The Morgan fingerprint density at radius 1 is 1.35 bits per heavy atom. The van der Waals surface area contributed by atoms with E-state index in [0.29, 0.717) is 17.7 Å². The summed E-state index contributed by atoms with van der Waals surface area (Å²) in [6, 6.07) is 7.37. The predicted octanol–water partition coefficient (Wildman–Crippen LogP) is 0.646. The van der Waals surface area contributed by atoms with Crippen molar-refractivity contribution in [3.8, 4) is 0 Å². The predicted molar refractivity (Wildman–Crippen MR) is 64.8 cm³/mol. The molecule has 0 spiro atoms. The van der Waals surface area contributed by atoms with Gasteiger partial charge in [0.05, 0.1) is 11.0 Å². The molecule has 0 saturated carbocycles. The number of nitrogens with two attached hydrogens (primary N) is 1. The van der Waals surface area contributed by atoms with Crippen molar-refractivity contribution in [2.45, 2.75) is 13.5 Å². The van der Waals surface area contributed by atoms with Crippen LogP contribution in [-0.4, -0.2) is 19.2 Å². The van der Waals surface area contributed by atoms with E-state index in [9.17, 15) is 4.79 Å². The molecule has 3 rings (SSSR count). The second-order valence-electron chi connectivity index (χ2n) is 3.74. The third-order valence-electron chi connectivity index (χ3n) is 2.73. The number of benzene rings is 1. The quantitative estimate of drug-likeness (QED) is 0.664. The molecule has 0 aliphatic carbocycles. The average molecular weight is 229 g/mol. The topological polar surface area (TPSA) is 78.2 Å². The van der Waals surface area contributed by atoms with Crippen LogP contribution in [0.15, 0.2) is 29.1 Å². The average Bonchev–Trinajstić information content (AvgIpc) is 2.68. The van der Waals surface area contributed by atoms with E-state index >= 15 is 0 Å². The van der Waals surface area contributed by atoms with E-state index < -0.39 is 0 Å². The van der Waals surface area contributed by atoms with Crippen molar-refractivity contribution in [1.29, 1.82) is 0 Å². The van der Waals surface area contributed by atoms with Crippen molar-refractivity contribution < 1.29 is 0 Å². The van der Waals surface area contributed by atoms with E-state index in [4.69, 9.17) is 5.73 Å². The van der Waals surface area contributed by atoms with Crippen molar-refractivity contribution in [2.24, 2.45) is 0 Å². The molecule has 0 saturated heterocycles. The van der Waals surface area contributed by atoms with Crippen LogP contribution in [0, 0.1) is 0 Å². The highest BCUT2D eigenvalue weighted by Crippen LogP contribution is 2.15. The minimum absolute atomic E-state index is 0.187. The molecule has 0 unspecified atom stereocenters. The molecule has 0 aliphatic rings. The number of fused-ring (bicyclic) bond motifs is 3. The molecule has 0 bridgehead atoms. The maximum absolute atomic E-state index is 12.1. The number of aromatic nitrogens is 4. The van der Waals surface area contributed by atoms with Crippen LogP contribution in [0.25, 0.3) is 16.7 Å². The van der Waals surface area contributed by atoms with E-state index in [1.165, 1.54) is 9.08 Å². The molecule has 0 aliphatic heterocycles. The third kappa shape index (κ3) is 1.24. The van der Waals surface area contributed by atoms with Crippen molar-refractivity contribution in [1.82, 2.24) is 19.2 Å². The molecular formula is C11H11N5O. The van der Waals surface area contributed by atoms with Crippen molar-refractivity contribution in [3.63, 3.8) is 0 Å². The minimum atomic E-state index is -0.187. The fraction of sp³-hybridized carbons (Fsp3) is 0.182. The molecular weight excluding hydrogens is 218 g/mol. The van der Waals surface area contributed by atoms with Crippen LogP contribution >= 0.6 is 0 Å². The van der Waals surface area contributed by atoms with Crippen LogP contribution in [0.4, 0.5) is 5.82 Å². The molecule has 2 aromatic heterocycles. The van der Waals surface area contributed by atoms with Gasteiger partial charge in [0.1, 0.15) is 0 Å². The monoisotopic (exact) mass is 229 g/mol. The van der Waals surface area contributed by atoms with E-state index in [2.05, 4.69) is 10.1 Å². The summed E-state index contributed by atoms with van der Waals surface area (Å²) in [7, 11) is 0. The first-order valence-electron chi connectivity index (χ1n) is 5.36. The zero-order valence-corrected chi connectivity index (χ0v) is 9.29. The van der Waals surface area contributed by atoms with Gasteiger partial charge in [0.15, 0.2) is 5.82 Å². The van der Waals surface area contributed by atoms with E-state index in [1.807, 2.05) is 31.2 Å². The summed E-state index contributed by atoms with van der Waals surface area (Å²) < 4.78 is 2.88. The van der Waals surface area contributed by atoms with Crippen molar-refractivity contribution in [3.05, 3.63) is 34.7 Å². The lowest BCUT2D eigenvalue weighted by atomic mass is 10.3. The Morgan fingerprint density at radius 2 is 2.12 bits per heavy atom. The van der Waals surface area contributed by atoms with Crippen LogP contribution in [0.1, 0.15) is 6.92 Å². The molecule has 2 N–H and O–H groups in total. The second kappa shape index (κ2) is 3.31. The Kier molecular flexibility index (Phi) is 1.91. The first-order valence-corrected chi connectivity index (χ1v) is 5.36. The lowest BCUT2D eigenvalue weighted by Crippen LogP contribution is -2.20. The smallest absolute Gasteiger partial charge is 0.350 e. The van der Waals surface area contributed by atoms with Crippen LogP contribution < -0.4 is 11.4 Å². The molecule has 1 aromatic carbocycles. The molecule has 17 heavy (non-hydrogen) atoms. The zero-order chi connectivity index (χ0) is 12.0. The fourth-order valence-corrected chi connectivity index (χ4v) is 1.92. The molecule has 0 amide bonds. The number of hydrogen-bond acceptors (Lipinski definition) is 4. The second-order valence-corrected chi connectivity index (χ2v) is 3.74. The van der Waals surface area contributed by atoms with Gasteiger partial charge >= 0.3 is 5.69 Å². The molecule has 3 aromatic rings. The molecule has 6 heteroatoms. The Labute approximate surface area is 96.3 Å².